The third-order valence-electron chi connectivity index (χ3n) is 4.00. The number of aliphatic carboxylic acids is 1. The van der Waals surface area contributed by atoms with Gasteiger partial charge in [-0.3, -0.25) is 14.4 Å². The molecule has 0 heterocycles. The first-order valence-electron chi connectivity index (χ1n) is 7.03. The van der Waals surface area contributed by atoms with Crippen LogP contribution in [0.1, 0.15) is 42.5 Å². The lowest BCUT2D eigenvalue weighted by Gasteiger charge is -2.27. The summed E-state index contributed by atoms with van der Waals surface area (Å²) >= 11 is 5.75. The Morgan fingerprint density at radius 1 is 1.05 bits per heavy atom. The van der Waals surface area contributed by atoms with E-state index in [9.17, 15) is 19.5 Å². The van der Waals surface area contributed by atoms with Gasteiger partial charge in [-0.15, -0.1) is 0 Å². The van der Waals surface area contributed by atoms with Crippen molar-refractivity contribution in [2.45, 2.75) is 32.1 Å². The molecule has 2 atom stereocenters. The summed E-state index contributed by atoms with van der Waals surface area (Å²) in [6.07, 6.45) is 2.50. The maximum Gasteiger partial charge on any atom is 0.307 e. The maximum absolute atomic E-state index is 12.3. The molecule has 21 heavy (non-hydrogen) atoms. The Balaban J connectivity index is 2.04. The zero-order valence-corrected chi connectivity index (χ0v) is 12.3. The highest BCUT2D eigenvalue weighted by atomic mass is 35.5. The van der Waals surface area contributed by atoms with Gasteiger partial charge in [-0.2, -0.15) is 0 Å². The molecule has 0 amide bonds. The van der Waals surface area contributed by atoms with Crippen molar-refractivity contribution in [3.8, 4) is 0 Å². The molecule has 1 N–H and O–H groups in total. The van der Waals surface area contributed by atoms with Crippen LogP contribution in [0.25, 0.3) is 0 Å². The van der Waals surface area contributed by atoms with Crippen LogP contribution in [-0.4, -0.2) is 22.6 Å². The number of carboxylic acids is 1. The fourth-order valence-corrected chi connectivity index (χ4v) is 2.97. The Morgan fingerprint density at radius 3 is 2.19 bits per heavy atom. The first-order valence-corrected chi connectivity index (χ1v) is 7.41. The SMILES string of the molecule is O=C(CC(=O)[C@H]1CCCC[C@H]1C(=O)O)c1ccc(Cl)cc1. The summed E-state index contributed by atoms with van der Waals surface area (Å²) in [5.74, 6) is -2.67. The third kappa shape index (κ3) is 3.91. The van der Waals surface area contributed by atoms with E-state index in [-0.39, 0.29) is 18.0 Å². The predicted octanol–water partition coefficient (Wildman–Crippen LogP) is 3.37. The molecule has 5 heteroatoms. The predicted molar refractivity (Wildman–Crippen MR) is 78.5 cm³/mol. The van der Waals surface area contributed by atoms with E-state index in [2.05, 4.69) is 0 Å². The minimum atomic E-state index is -0.938. The van der Waals surface area contributed by atoms with Crippen molar-refractivity contribution in [1.82, 2.24) is 0 Å². The van der Waals surface area contributed by atoms with Crippen molar-refractivity contribution in [3.63, 3.8) is 0 Å². The molecule has 0 bridgehead atoms. The fraction of sp³-hybridized carbons (Fsp3) is 0.438. The first kappa shape index (κ1) is 15.7. The molecule has 1 aromatic carbocycles. The van der Waals surface area contributed by atoms with E-state index < -0.39 is 17.8 Å². The summed E-state index contributed by atoms with van der Waals surface area (Å²) in [6, 6.07) is 6.35. The minimum Gasteiger partial charge on any atom is -0.481 e. The summed E-state index contributed by atoms with van der Waals surface area (Å²) in [5, 5.41) is 9.71. The number of Topliss-reactive ketones (excluding diaryl/α,β-unsaturated/α-hetero) is 2. The Bertz CT molecular complexity index is 550. The van der Waals surface area contributed by atoms with E-state index in [1.54, 1.807) is 24.3 Å². The maximum atomic E-state index is 12.3. The van der Waals surface area contributed by atoms with Crippen molar-refractivity contribution >= 4 is 29.1 Å². The van der Waals surface area contributed by atoms with Gasteiger partial charge in [0.15, 0.2) is 5.78 Å². The standard InChI is InChI=1S/C16H17ClO4/c17-11-7-5-10(6-8-11)14(18)9-15(19)12-3-1-2-4-13(12)16(20)21/h5-8,12-13H,1-4,9H2,(H,20,21)/t12-,13+/m0/s1. The second kappa shape index (κ2) is 6.85. The Morgan fingerprint density at radius 2 is 1.62 bits per heavy atom. The van der Waals surface area contributed by atoms with Gasteiger partial charge in [0.2, 0.25) is 0 Å². The van der Waals surface area contributed by atoms with Crippen LogP contribution in [-0.2, 0) is 9.59 Å². The van der Waals surface area contributed by atoms with Crippen molar-refractivity contribution in [2.75, 3.05) is 0 Å². The topological polar surface area (TPSA) is 71.4 Å². The lowest BCUT2D eigenvalue weighted by molar-refractivity contribution is -0.148. The molecule has 1 saturated carbocycles. The normalized spacial score (nSPS) is 21.8. The Hall–Kier alpha value is -1.68. The second-order valence-corrected chi connectivity index (χ2v) is 5.85. The van der Waals surface area contributed by atoms with Gasteiger partial charge in [0.1, 0.15) is 5.78 Å². The number of carbonyl (C=O) groups excluding carboxylic acids is 2. The summed E-state index contributed by atoms with van der Waals surface area (Å²) < 4.78 is 0. The number of hydrogen-bond acceptors (Lipinski definition) is 3. The van der Waals surface area contributed by atoms with Crippen LogP contribution in [0, 0.1) is 11.8 Å². The zero-order chi connectivity index (χ0) is 15.4. The van der Waals surface area contributed by atoms with Crippen LogP contribution < -0.4 is 0 Å². The molecule has 0 aliphatic heterocycles. The van der Waals surface area contributed by atoms with E-state index in [1.165, 1.54) is 0 Å². The van der Waals surface area contributed by atoms with Crippen molar-refractivity contribution in [1.29, 1.82) is 0 Å². The van der Waals surface area contributed by atoms with Crippen molar-refractivity contribution in [3.05, 3.63) is 34.9 Å². The number of rotatable bonds is 5. The summed E-state index contributed by atoms with van der Waals surface area (Å²) in [5.41, 5.74) is 0.426. The lowest BCUT2D eigenvalue weighted by Crippen LogP contribution is -2.33. The highest BCUT2D eigenvalue weighted by Crippen LogP contribution is 2.32. The highest BCUT2D eigenvalue weighted by molar-refractivity contribution is 6.30. The zero-order valence-electron chi connectivity index (χ0n) is 11.5. The third-order valence-corrected chi connectivity index (χ3v) is 4.25. The number of hydrogen-bond donors (Lipinski definition) is 1. The molecule has 1 aliphatic carbocycles. The van der Waals surface area contributed by atoms with Gasteiger partial charge in [0.25, 0.3) is 0 Å². The lowest BCUT2D eigenvalue weighted by atomic mass is 9.76. The van der Waals surface area contributed by atoms with E-state index in [0.29, 0.717) is 23.4 Å². The van der Waals surface area contributed by atoms with E-state index in [1.807, 2.05) is 0 Å². The van der Waals surface area contributed by atoms with Crippen LogP contribution in [0.5, 0.6) is 0 Å². The fourth-order valence-electron chi connectivity index (χ4n) is 2.84. The van der Waals surface area contributed by atoms with Gasteiger partial charge >= 0.3 is 5.97 Å². The number of ketones is 2. The summed E-state index contributed by atoms with van der Waals surface area (Å²) in [4.78, 5) is 35.5. The van der Waals surface area contributed by atoms with E-state index in [4.69, 9.17) is 11.6 Å². The molecule has 0 spiro atoms. The van der Waals surface area contributed by atoms with Crippen molar-refractivity contribution < 1.29 is 19.5 Å². The van der Waals surface area contributed by atoms with Gasteiger partial charge in [0, 0.05) is 16.5 Å². The molecule has 0 saturated heterocycles. The minimum absolute atomic E-state index is 0.240. The molecule has 0 unspecified atom stereocenters. The number of benzene rings is 1. The number of halogens is 1. The summed E-state index contributed by atoms with van der Waals surface area (Å²) in [6.45, 7) is 0. The Kier molecular flexibility index (Phi) is 5.12. The molecule has 0 aromatic heterocycles. The van der Waals surface area contributed by atoms with Crippen LogP contribution in [0.4, 0.5) is 0 Å². The van der Waals surface area contributed by atoms with Crippen LogP contribution >= 0.6 is 11.6 Å². The van der Waals surface area contributed by atoms with Gasteiger partial charge in [-0.05, 0) is 37.1 Å². The molecule has 0 radical (unpaired) electrons. The van der Waals surface area contributed by atoms with Gasteiger partial charge < -0.3 is 5.11 Å². The van der Waals surface area contributed by atoms with Crippen LogP contribution in [0.15, 0.2) is 24.3 Å². The average molecular weight is 309 g/mol. The van der Waals surface area contributed by atoms with E-state index in [0.717, 1.165) is 12.8 Å². The molecule has 1 aliphatic rings. The van der Waals surface area contributed by atoms with Crippen molar-refractivity contribution in [2.24, 2.45) is 11.8 Å². The smallest absolute Gasteiger partial charge is 0.307 e. The number of carbonyl (C=O) groups is 3. The largest absolute Gasteiger partial charge is 0.481 e. The number of carboxylic acid groups (broad SMARTS) is 1. The second-order valence-electron chi connectivity index (χ2n) is 5.41. The van der Waals surface area contributed by atoms with Gasteiger partial charge in [-0.1, -0.05) is 24.4 Å². The molecule has 2 rings (SSSR count). The monoisotopic (exact) mass is 308 g/mol. The van der Waals surface area contributed by atoms with Crippen LogP contribution in [0.2, 0.25) is 5.02 Å². The summed E-state index contributed by atoms with van der Waals surface area (Å²) in [7, 11) is 0. The molecular formula is C16H17ClO4. The molecular weight excluding hydrogens is 292 g/mol. The molecule has 4 nitrogen and oxygen atoms in total. The first-order chi connectivity index (χ1) is 9.99. The van der Waals surface area contributed by atoms with Gasteiger partial charge in [-0.25, -0.2) is 0 Å². The highest BCUT2D eigenvalue weighted by Gasteiger charge is 2.36. The Labute approximate surface area is 128 Å². The quantitative estimate of drug-likeness (QED) is 0.668. The average Bonchev–Trinajstić information content (AvgIpc) is 2.47. The molecule has 112 valence electrons. The molecule has 1 aromatic rings. The molecule has 1 fully saturated rings. The van der Waals surface area contributed by atoms with E-state index >= 15 is 0 Å². The van der Waals surface area contributed by atoms with Crippen LogP contribution in [0.3, 0.4) is 0 Å². The van der Waals surface area contributed by atoms with Gasteiger partial charge in [0.05, 0.1) is 12.3 Å².